The van der Waals surface area contributed by atoms with Crippen molar-refractivity contribution in [3.63, 3.8) is 0 Å². The van der Waals surface area contributed by atoms with E-state index in [1.165, 1.54) is 54.6 Å². The number of halogens is 9. The molecule has 1 fully saturated rings. The Kier molecular flexibility index (Phi) is 15.7. The van der Waals surface area contributed by atoms with Gasteiger partial charge in [-0.3, -0.25) is 0 Å². The van der Waals surface area contributed by atoms with Crippen molar-refractivity contribution in [2.24, 2.45) is 5.92 Å². The Balaban J connectivity index is 1.24. The van der Waals surface area contributed by atoms with E-state index < -0.39 is 71.9 Å². The summed E-state index contributed by atoms with van der Waals surface area (Å²) in [7, 11) is -11.0. The van der Waals surface area contributed by atoms with Crippen molar-refractivity contribution in [1.82, 2.24) is 5.32 Å². The summed E-state index contributed by atoms with van der Waals surface area (Å²) in [6, 6.07) is 21.9. The summed E-state index contributed by atoms with van der Waals surface area (Å²) < 4.78 is 98.4. The molecule has 3 aliphatic carbocycles. The molecule has 11 nitrogen and oxygen atoms in total. The van der Waals surface area contributed by atoms with Crippen LogP contribution in [0, 0.1) is 5.92 Å². The molecule has 1 N–H and O–H groups in total. The van der Waals surface area contributed by atoms with E-state index in [9.17, 15) is 25.3 Å². The van der Waals surface area contributed by atoms with Crippen LogP contribution < -0.4 is 19.5 Å². The summed E-state index contributed by atoms with van der Waals surface area (Å²) in [4.78, 5) is 0.0116. The van der Waals surface area contributed by atoms with Crippen molar-refractivity contribution in [2.75, 3.05) is 38.4 Å². The summed E-state index contributed by atoms with van der Waals surface area (Å²) in [5, 5.41) is 6.23. The number of quaternary nitrogens is 1. The van der Waals surface area contributed by atoms with Gasteiger partial charge in [0, 0.05) is 92.4 Å². The second kappa shape index (κ2) is 21.2. The third-order valence-electron chi connectivity index (χ3n) is 15.2. The average Bonchev–Trinajstić information content (AvgIpc) is 4.03. The van der Waals surface area contributed by atoms with Crippen LogP contribution in [0.2, 0.25) is 45.2 Å². The summed E-state index contributed by atoms with van der Waals surface area (Å²) >= 11 is 63.3. The number of rotatable bonds is 12. The van der Waals surface area contributed by atoms with Gasteiger partial charge in [0.15, 0.2) is 41.7 Å². The molecule has 1 unspecified atom stereocenters. The Morgan fingerprint density at radius 1 is 0.447 bits per heavy atom. The van der Waals surface area contributed by atoms with E-state index in [-0.39, 0.29) is 51.5 Å². The third kappa shape index (κ3) is 10.7. The number of hydrogen-bond donors (Lipinski definition) is 1. The first-order valence-electron chi connectivity index (χ1n) is 23.7. The van der Waals surface area contributed by atoms with Crippen LogP contribution in [-0.4, -0.2) is 86.3 Å². The fourth-order valence-corrected chi connectivity index (χ4v) is 16.6. The SMILES string of the molecule is CS(=O)(=O)c1ccc(O[C@@H]2c3cc(Cl)cc(Cl)c3C[C@H]2C2CNCCC[N+]2([C@H]2Cc3c(Cl)cc(Cl)cc3[C@H]2Oc2ccc(S(C)(=O)=O)cc2Cl)[C@H]2Cc3c(Cl)cc(Cl)cc3[C@H]2Oc2ccc(S(C)(=O)=O)cc2Cl)c(Cl)c1. The molecule has 0 aromatic heterocycles. The maximum atomic E-state index is 12.8. The first kappa shape index (κ1) is 56.4. The lowest BCUT2D eigenvalue weighted by Gasteiger charge is -2.56. The average molecular weight is 1270 g/mol. The zero-order chi connectivity index (χ0) is 54.6. The monoisotopic (exact) mass is 1260 g/mol. The molecule has 6 aromatic rings. The standard InChI is InChI=1S/C53H46Cl9N2O9S3/c1-74(65,66)29-5-8-48(42(60)19-29)71-51-35-13-26(54)16-39(57)32(35)22-38(51)47-25-63-11-4-12-64(47,45-23-33-36(14-27(55)17-40(33)58)52(45)72-49-9-6-30(20-43(49)61)75(2,67)68)46-24-34-37(15-28(56)18-41(34)59)53(46)73-50-10-7-31(21-44(50)62)76(3,69)70/h5-10,13-21,38,45-47,51-53,63H,4,11-12,22-25H2,1-3H3/q+1/t38-,45-,46-,47?,51+,52+,53+/m0/s1. The van der Waals surface area contributed by atoms with E-state index in [0.717, 1.165) is 35.5 Å². The first-order valence-corrected chi connectivity index (χ1v) is 32.8. The molecule has 0 spiro atoms. The van der Waals surface area contributed by atoms with Crippen molar-refractivity contribution in [3.8, 4) is 17.2 Å². The summed E-state index contributed by atoms with van der Waals surface area (Å²) in [6.07, 6.45) is 2.33. The fraction of sp³-hybridized carbons (Fsp3) is 0.321. The normalized spacial score (nSPS) is 23.1. The molecule has 76 heavy (non-hydrogen) atoms. The molecule has 4 aliphatic rings. The van der Waals surface area contributed by atoms with Gasteiger partial charge in [-0.25, -0.2) is 25.3 Å². The molecule has 402 valence electrons. The highest BCUT2D eigenvalue weighted by molar-refractivity contribution is 7.91. The number of fused-ring (bicyclic) bond motifs is 3. The maximum absolute atomic E-state index is 12.8. The fourth-order valence-electron chi connectivity index (χ4n) is 12.0. The molecule has 23 heteroatoms. The van der Waals surface area contributed by atoms with Crippen molar-refractivity contribution < 1.29 is 43.9 Å². The quantitative estimate of drug-likeness (QED) is 0.118. The highest BCUT2D eigenvalue weighted by atomic mass is 35.5. The Morgan fingerprint density at radius 3 is 1.17 bits per heavy atom. The molecule has 6 aromatic carbocycles. The lowest BCUT2D eigenvalue weighted by Crippen LogP contribution is -2.72. The van der Waals surface area contributed by atoms with Crippen molar-refractivity contribution in [3.05, 3.63) is 170 Å². The van der Waals surface area contributed by atoms with Gasteiger partial charge in [-0.2, -0.15) is 0 Å². The number of nitrogens with zero attached hydrogens (tertiary/aromatic N) is 1. The van der Waals surface area contributed by atoms with E-state index in [0.29, 0.717) is 92.1 Å². The number of nitrogens with one attached hydrogen (secondary N) is 1. The smallest absolute Gasteiger partial charge is 0.176 e. The molecule has 0 amide bonds. The topological polar surface area (TPSA) is 142 Å². The number of sulfone groups is 3. The molecule has 0 radical (unpaired) electrons. The van der Waals surface area contributed by atoms with Crippen molar-refractivity contribution >= 4 is 134 Å². The van der Waals surface area contributed by atoms with Crippen LogP contribution in [0.3, 0.4) is 0 Å². The second-order valence-electron chi connectivity index (χ2n) is 19.8. The van der Waals surface area contributed by atoms with Gasteiger partial charge in [0.25, 0.3) is 0 Å². The Morgan fingerprint density at radius 2 is 0.803 bits per heavy atom. The minimum atomic E-state index is -3.67. The predicted octanol–water partition coefficient (Wildman–Crippen LogP) is 13.7. The molecule has 1 aliphatic heterocycles. The van der Waals surface area contributed by atoms with Gasteiger partial charge in [-0.05, 0) is 120 Å². The van der Waals surface area contributed by atoms with Crippen LogP contribution in [0.1, 0.15) is 58.1 Å². The molecule has 0 bridgehead atoms. The van der Waals surface area contributed by atoms with Crippen molar-refractivity contribution in [1.29, 1.82) is 0 Å². The highest BCUT2D eigenvalue weighted by Gasteiger charge is 2.64. The van der Waals surface area contributed by atoms with Gasteiger partial charge in [-0.1, -0.05) is 104 Å². The molecule has 1 heterocycles. The van der Waals surface area contributed by atoms with Crippen LogP contribution >= 0.6 is 104 Å². The number of benzene rings is 6. The molecule has 0 saturated carbocycles. The van der Waals surface area contributed by atoms with E-state index in [1.54, 1.807) is 18.2 Å². The minimum absolute atomic E-state index is 0.000570. The van der Waals surface area contributed by atoms with Gasteiger partial charge in [0.05, 0.1) is 42.2 Å². The zero-order valence-corrected chi connectivity index (χ0v) is 49.7. The summed E-state index contributed by atoms with van der Waals surface area (Å²) in [5.41, 5.74) is 4.39. The van der Waals surface area contributed by atoms with E-state index in [4.69, 9.17) is 119 Å². The third-order valence-corrected chi connectivity index (χ3v) is 21.1. The molecule has 1 saturated heterocycles. The van der Waals surface area contributed by atoms with Gasteiger partial charge in [-0.15, -0.1) is 0 Å². The summed E-state index contributed by atoms with van der Waals surface area (Å²) in [5.74, 6) is 0.144. The molecular weight excluding hydrogens is 1220 g/mol. The van der Waals surface area contributed by atoms with Gasteiger partial charge in [0.1, 0.15) is 41.5 Å². The van der Waals surface area contributed by atoms with Gasteiger partial charge < -0.3 is 24.0 Å². The minimum Gasteiger partial charge on any atom is -0.484 e. The molecule has 7 atom stereocenters. The maximum Gasteiger partial charge on any atom is 0.176 e. The van der Waals surface area contributed by atoms with Crippen LogP contribution in [-0.2, 0) is 48.8 Å². The predicted molar refractivity (Wildman–Crippen MR) is 302 cm³/mol. The Bertz CT molecular complexity index is 3570. The zero-order valence-electron chi connectivity index (χ0n) is 40.4. The number of ether oxygens (including phenoxy) is 3. The highest BCUT2D eigenvalue weighted by Crippen LogP contribution is 2.57. The largest absolute Gasteiger partial charge is 0.484 e. The van der Waals surface area contributed by atoms with E-state index >= 15 is 0 Å². The number of hydrogen-bond acceptors (Lipinski definition) is 10. The lowest BCUT2D eigenvalue weighted by molar-refractivity contribution is -1.00. The van der Waals surface area contributed by atoms with Crippen molar-refractivity contribution in [2.45, 2.75) is 76.8 Å². The van der Waals surface area contributed by atoms with Gasteiger partial charge >= 0.3 is 0 Å². The Labute approximate surface area is 486 Å². The van der Waals surface area contributed by atoms with Gasteiger partial charge in [0.2, 0.25) is 0 Å². The van der Waals surface area contributed by atoms with Crippen LogP contribution in [0.4, 0.5) is 0 Å². The first-order chi connectivity index (χ1) is 35.7. The van der Waals surface area contributed by atoms with E-state index in [1.807, 2.05) is 18.2 Å². The van der Waals surface area contributed by atoms with Crippen LogP contribution in [0.5, 0.6) is 17.2 Å². The van der Waals surface area contributed by atoms with Crippen LogP contribution in [0.15, 0.2) is 106 Å². The molecule has 10 rings (SSSR count). The van der Waals surface area contributed by atoms with E-state index in [2.05, 4.69) is 5.32 Å². The Hall–Kier alpha value is -2.90. The van der Waals surface area contributed by atoms with Crippen LogP contribution in [0.25, 0.3) is 0 Å². The second-order valence-corrected chi connectivity index (χ2v) is 29.6. The summed E-state index contributed by atoms with van der Waals surface area (Å²) in [6.45, 7) is 1.42. The molecular formula is C53H46Cl9N2O9S3+. The lowest BCUT2D eigenvalue weighted by atomic mass is 9.84.